The molecule has 0 saturated carbocycles. The number of hydrogen-bond acceptors (Lipinski definition) is 6. The topological polar surface area (TPSA) is 100 Å². The minimum absolute atomic E-state index is 0.135. The number of sulfonamides is 1. The first-order valence-corrected chi connectivity index (χ1v) is 12.4. The number of fused-ring (bicyclic) bond motifs is 1. The highest BCUT2D eigenvalue weighted by Gasteiger charge is 2.24. The van der Waals surface area contributed by atoms with Crippen molar-refractivity contribution >= 4 is 38.3 Å². The number of anilines is 2. The van der Waals surface area contributed by atoms with Crippen molar-refractivity contribution in [3.05, 3.63) is 41.7 Å². The Hall–Kier alpha value is -2.98. The van der Waals surface area contributed by atoms with E-state index in [1.807, 2.05) is 37.5 Å². The minimum atomic E-state index is -3.67. The fourth-order valence-electron chi connectivity index (χ4n) is 3.74. The number of benzene rings is 1. The number of nitrogens with zero attached hydrogens (tertiary/aromatic N) is 5. The van der Waals surface area contributed by atoms with Crippen LogP contribution in [0.3, 0.4) is 0 Å². The maximum atomic E-state index is 13.2. The van der Waals surface area contributed by atoms with Crippen molar-refractivity contribution in [2.24, 2.45) is 0 Å². The molecule has 0 aliphatic carbocycles. The molecule has 0 saturated heterocycles. The van der Waals surface area contributed by atoms with E-state index >= 15 is 0 Å². The van der Waals surface area contributed by atoms with Crippen molar-refractivity contribution in [2.75, 3.05) is 37.4 Å². The molecule has 0 bridgehead atoms. The first-order chi connectivity index (χ1) is 15.5. The van der Waals surface area contributed by atoms with Gasteiger partial charge in [0.25, 0.3) is 5.91 Å². The highest BCUT2D eigenvalue weighted by Crippen LogP contribution is 2.30. The Morgan fingerprint density at radius 1 is 1.15 bits per heavy atom. The number of carbonyl (C=O) groups is 1. The van der Waals surface area contributed by atoms with Crippen LogP contribution in [0.5, 0.6) is 0 Å². The molecule has 0 unspecified atom stereocenters. The summed E-state index contributed by atoms with van der Waals surface area (Å²) in [5.74, 6) is -0.361. The SMILES string of the molecule is CCN(CC)S(=O)(=O)c1ccc(N(C)C)c(NC(=O)c2cc3cnn(C(C)C)c3nc2C)c1. The zero-order valence-corrected chi connectivity index (χ0v) is 21.1. The fourth-order valence-corrected chi connectivity index (χ4v) is 5.23. The van der Waals surface area contributed by atoms with Gasteiger partial charge in [0.05, 0.1) is 33.7 Å². The average molecular weight is 473 g/mol. The van der Waals surface area contributed by atoms with Crippen molar-refractivity contribution in [3.63, 3.8) is 0 Å². The number of nitrogens with one attached hydrogen (secondary N) is 1. The zero-order chi connectivity index (χ0) is 24.5. The molecular formula is C23H32N6O3S. The van der Waals surface area contributed by atoms with E-state index in [1.165, 1.54) is 10.4 Å². The van der Waals surface area contributed by atoms with Gasteiger partial charge in [-0.1, -0.05) is 13.8 Å². The Bertz CT molecular complexity index is 1280. The molecule has 2 aromatic heterocycles. The first kappa shape index (κ1) is 24.7. The Morgan fingerprint density at radius 3 is 2.39 bits per heavy atom. The molecule has 10 heteroatoms. The molecule has 0 aliphatic rings. The lowest BCUT2D eigenvalue weighted by Gasteiger charge is -2.22. The summed E-state index contributed by atoms with van der Waals surface area (Å²) in [5, 5.41) is 8.04. The van der Waals surface area contributed by atoms with E-state index in [2.05, 4.69) is 15.4 Å². The van der Waals surface area contributed by atoms with Crippen LogP contribution in [0, 0.1) is 6.92 Å². The van der Waals surface area contributed by atoms with Gasteiger partial charge in [-0.05, 0) is 45.0 Å². The molecular weight excluding hydrogens is 440 g/mol. The number of pyridine rings is 1. The van der Waals surface area contributed by atoms with Gasteiger partial charge in [-0.3, -0.25) is 4.79 Å². The Morgan fingerprint density at radius 2 is 1.82 bits per heavy atom. The number of aryl methyl sites for hydroxylation is 1. The summed E-state index contributed by atoms with van der Waals surface area (Å²) in [5.41, 5.74) is 2.81. The number of rotatable bonds is 8. The third kappa shape index (κ3) is 4.72. The van der Waals surface area contributed by atoms with Crippen LogP contribution in [0.15, 0.2) is 35.4 Å². The van der Waals surface area contributed by atoms with Crippen molar-refractivity contribution in [1.82, 2.24) is 19.1 Å². The molecule has 178 valence electrons. The third-order valence-corrected chi connectivity index (χ3v) is 7.58. The van der Waals surface area contributed by atoms with E-state index in [-0.39, 0.29) is 16.8 Å². The second kappa shape index (κ2) is 9.48. The summed E-state index contributed by atoms with van der Waals surface area (Å²) in [6.07, 6.45) is 1.70. The Labute approximate surface area is 195 Å². The average Bonchev–Trinajstić information content (AvgIpc) is 3.16. The largest absolute Gasteiger partial charge is 0.376 e. The van der Waals surface area contributed by atoms with Crippen molar-refractivity contribution in [3.8, 4) is 0 Å². The van der Waals surface area contributed by atoms with E-state index in [0.29, 0.717) is 35.7 Å². The van der Waals surface area contributed by atoms with Crippen LogP contribution < -0.4 is 10.2 Å². The summed E-state index contributed by atoms with van der Waals surface area (Å²) < 4.78 is 29.2. The van der Waals surface area contributed by atoms with E-state index in [9.17, 15) is 13.2 Å². The monoisotopic (exact) mass is 472 g/mol. The molecule has 2 heterocycles. The van der Waals surface area contributed by atoms with Gasteiger partial charge in [0.15, 0.2) is 5.65 Å². The molecule has 0 aliphatic heterocycles. The third-order valence-electron chi connectivity index (χ3n) is 5.53. The van der Waals surface area contributed by atoms with Crippen molar-refractivity contribution in [2.45, 2.75) is 45.6 Å². The predicted octanol–water partition coefficient (Wildman–Crippen LogP) is 3.67. The number of aromatic nitrogens is 3. The minimum Gasteiger partial charge on any atom is -0.376 e. The summed E-state index contributed by atoms with van der Waals surface area (Å²) in [6.45, 7) is 10.1. The first-order valence-electron chi connectivity index (χ1n) is 11.0. The maximum Gasteiger partial charge on any atom is 0.257 e. The molecule has 0 spiro atoms. The number of amides is 1. The maximum absolute atomic E-state index is 13.2. The van der Waals surface area contributed by atoms with Crippen LogP contribution in [-0.2, 0) is 10.0 Å². The van der Waals surface area contributed by atoms with Gasteiger partial charge in [0, 0.05) is 38.6 Å². The summed E-state index contributed by atoms with van der Waals surface area (Å²) in [4.78, 5) is 19.8. The molecule has 1 aromatic carbocycles. The number of carbonyl (C=O) groups excluding carboxylic acids is 1. The lowest BCUT2D eigenvalue weighted by atomic mass is 10.1. The molecule has 0 fully saturated rings. The smallest absolute Gasteiger partial charge is 0.257 e. The molecule has 3 aromatic rings. The van der Waals surface area contributed by atoms with Gasteiger partial charge >= 0.3 is 0 Å². The quantitative estimate of drug-likeness (QED) is 0.537. The van der Waals surface area contributed by atoms with E-state index < -0.39 is 10.0 Å². The summed E-state index contributed by atoms with van der Waals surface area (Å²) in [7, 11) is 0.00321. The lowest BCUT2D eigenvalue weighted by Crippen LogP contribution is -2.30. The van der Waals surface area contributed by atoms with E-state index in [1.54, 1.807) is 45.2 Å². The molecule has 33 heavy (non-hydrogen) atoms. The van der Waals surface area contributed by atoms with Crippen LogP contribution in [0.4, 0.5) is 11.4 Å². The molecule has 0 atom stereocenters. The highest BCUT2D eigenvalue weighted by atomic mass is 32.2. The van der Waals surface area contributed by atoms with Crippen LogP contribution in [0.2, 0.25) is 0 Å². The van der Waals surface area contributed by atoms with E-state index in [0.717, 1.165) is 11.0 Å². The summed E-state index contributed by atoms with van der Waals surface area (Å²) in [6, 6.07) is 6.70. The normalized spacial score (nSPS) is 12.0. The Balaban J connectivity index is 2.03. The molecule has 3 rings (SSSR count). The van der Waals surface area contributed by atoms with Gasteiger partial charge in [0.2, 0.25) is 10.0 Å². The molecule has 1 amide bonds. The van der Waals surface area contributed by atoms with Crippen LogP contribution in [0.1, 0.15) is 49.8 Å². The second-order valence-corrected chi connectivity index (χ2v) is 10.3. The summed E-state index contributed by atoms with van der Waals surface area (Å²) >= 11 is 0. The highest BCUT2D eigenvalue weighted by molar-refractivity contribution is 7.89. The lowest BCUT2D eigenvalue weighted by molar-refractivity contribution is 0.102. The van der Waals surface area contributed by atoms with Crippen molar-refractivity contribution in [1.29, 1.82) is 0 Å². The van der Waals surface area contributed by atoms with Gasteiger partial charge in [0.1, 0.15) is 0 Å². The zero-order valence-electron chi connectivity index (χ0n) is 20.2. The molecule has 1 N–H and O–H groups in total. The van der Waals surface area contributed by atoms with Gasteiger partial charge in [-0.25, -0.2) is 18.1 Å². The van der Waals surface area contributed by atoms with Gasteiger partial charge < -0.3 is 10.2 Å². The fraction of sp³-hybridized carbons (Fsp3) is 0.435. The van der Waals surface area contributed by atoms with Crippen LogP contribution in [-0.4, -0.2) is 60.6 Å². The predicted molar refractivity (Wildman–Crippen MR) is 131 cm³/mol. The standard InChI is InChI=1S/C23H32N6O3S/c1-8-28(9-2)33(31,32)18-10-11-21(27(6)7)20(13-18)26-23(30)19-12-17-14-24-29(15(3)4)22(17)25-16(19)5/h10-15H,8-9H2,1-7H3,(H,26,30). The Kier molecular flexibility index (Phi) is 7.08. The van der Waals surface area contributed by atoms with Gasteiger partial charge in [-0.2, -0.15) is 9.40 Å². The molecule has 0 radical (unpaired) electrons. The van der Waals surface area contributed by atoms with Crippen molar-refractivity contribution < 1.29 is 13.2 Å². The van der Waals surface area contributed by atoms with E-state index in [4.69, 9.17) is 0 Å². The number of hydrogen-bond donors (Lipinski definition) is 1. The van der Waals surface area contributed by atoms with Crippen LogP contribution >= 0.6 is 0 Å². The molecule has 9 nitrogen and oxygen atoms in total. The second-order valence-electron chi connectivity index (χ2n) is 8.33. The van der Waals surface area contributed by atoms with Crippen LogP contribution in [0.25, 0.3) is 11.0 Å². The van der Waals surface area contributed by atoms with Gasteiger partial charge in [-0.15, -0.1) is 0 Å².